The van der Waals surface area contributed by atoms with Crippen LogP contribution >= 0.6 is 0 Å². The van der Waals surface area contributed by atoms with Crippen molar-refractivity contribution in [2.24, 2.45) is 0 Å². The Hall–Kier alpha value is -3.36. The van der Waals surface area contributed by atoms with Gasteiger partial charge in [0.25, 0.3) is 0 Å². The first-order chi connectivity index (χ1) is 13.9. The second-order valence-corrected chi connectivity index (χ2v) is 7.03. The van der Waals surface area contributed by atoms with E-state index in [9.17, 15) is 31.9 Å². The first kappa shape index (κ1) is 21.4. The van der Waals surface area contributed by atoms with Crippen LogP contribution in [0.25, 0.3) is 22.5 Å². The van der Waals surface area contributed by atoms with Gasteiger partial charge in [-0.25, -0.2) is 8.78 Å². The highest BCUT2D eigenvalue weighted by molar-refractivity contribution is 5.80. The van der Waals surface area contributed by atoms with Gasteiger partial charge in [0.2, 0.25) is 0 Å². The molecule has 0 aliphatic carbocycles. The lowest BCUT2D eigenvalue weighted by Crippen LogP contribution is -2.29. The third-order valence-corrected chi connectivity index (χ3v) is 4.62. The molecule has 0 amide bonds. The third-order valence-electron chi connectivity index (χ3n) is 4.62. The molecule has 1 aromatic carbocycles. The van der Waals surface area contributed by atoms with Gasteiger partial charge in [-0.05, 0) is 44.2 Å². The maximum Gasteiger partial charge on any atom is 0.422 e. The van der Waals surface area contributed by atoms with Crippen LogP contribution in [0.15, 0.2) is 48.7 Å². The van der Waals surface area contributed by atoms with Crippen LogP contribution in [0.1, 0.15) is 25.1 Å². The predicted molar refractivity (Wildman–Crippen MR) is 98.5 cm³/mol. The number of halogens is 5. The summed E-state index contributed by atoms with van der Waals surface area (Å²) >= 11 is 0. The van der Waals surface area contributed by atoms with Crippen molar-refractivity contribution in [2.75, 3.05) is 0 Å². The van der Waals surface area contributed by atoms with Crippen molar-refractivity contribution in [2.45, 2.75) is 25.4 Å². The Kier molecular flexibility index (Phi) is 5.32. The van der Waals surface area contributed by atoms with Crippen molar-refractivity contribution in [1.29, 1.82) is 0 Å². The van der Waals surface area contributed by atoms with Gasteiger partial charge in [0, 0.05) is 17.3 Å². The maximum atomic E-state index is 14.9. The second-order valence-electron chi connectivity index (χ2n) is 7.03. The van der Waals surface area contributed by atoms with Gasteiger partial charge < -0.3 is 5.11 Å². The minimum absolute atomic E-state index is 0.00386. The topological polar surface area (TPSA) is 63.1 Å². The van der Waals surface area contributed by atoms with Crippen molar-refractivity contribution in [3.8, 4) is 22.5 Å². The largest absolute Gasteiger partial charge is 0.481 e. The van der Waals surface area contributed by atoms with Crippen molar-refractivity contribution < 1.29 is 31.9 Å². The summed E-state index contributed by atoms with van der Waals surface area (Å²) in [6, 6.07) is 9.06. The molecule has 2 heterocycles. The van der Waals surface area contributed by atoms with Crippen LogP contribution in [-0.2, 0) is 16.4 Å². The lowest BCUT2D eigenvalue weighted by molar-refractivity contribution is -0.143. The lowest BCUT2D eigenvalue weighted by atomic mass is 9.88. The van der Waals surface area contributed by atoms with Crippen LogP contribution in [0, 0.1) is 11.6 Å². The van der Waals surface area contributed by atoms with Gasteiger partial charge in [-0.2, -0.15) is 13.2 Å². The van der Waals surface area contributed by atoms with Gasteiger partial charge in [-0.15, -0.1) is 0 Å². The van der Waals surface area contributed by atoms with Gasteiger partial charge in [0.1, 0.15) is 22.6 Å². The SMILES string of the molecule is CC(C)(C(=O)O)c1cccc(-c2cc(-c3ccccn3)c(F)c(C(F)(F)F)c2F)n1. The molecule has 0 unspecified atom stereocenters. The number of hydrogen-bond donors (Lipinski definition) is 1. The zero-order valence-electron chi connectivity index (χ0n) is 15.8. The van der Waals surface area contributed by atoms with Gasteiger partial charge in [-0.1, -0.05) is 12.1 Å². The number of aliphatic carboxylic acids is 1. The molecule has 3 rings (SSSR count). The van der Waals surface area contributed by atoms with Crippen molar-refractivity contribution >= 4 is 5.97 Å². The van der Waals surface area contributed by atoms with Crippen molar-refractivity contribution in [3.05, 3.63) is 71.6 Å². The first-order valence-corrected chi connectivity index (χ1v) is 8.66. The summed E-state index contributed by atoms with van der Waals surface area (Å²) < 4.78 is 70.0. The average Bonchev–Trinajstić information content (AvgIpc) is 2.68. The summed E-state index contributed by atoms with van der Waals surface area (Å²) in [5.74, 6) is -4.85. The second kappa shape index (κ2) is 7.47. The molecule has 156 valence electrons. The van der Waals surface area contributed by atoms with Gasteiger partial charge in [0.05, 0.1) is 17.1 Å². The van der Waals surface area contributed by atoms with Crippen LogP contribution in [0.2, 0.25) is 0 Å². The number of carbonyl (C=O) groups is 1. The molecular formula is C21H15F5N2O2. The number of hydrogen-bond acceptors (Lipinski definition) is 3. The zero-order chi connectivity index (χ0) is 22.3. The Morgan fingerprint density at radius 3 is 2.07 bits per heavy atom. The molecule has 2 aromatic heterocycles. The monoisotopic (exact) mass is 422 g/mol. The molecule has 0 atom stereocenters. The normalized spacial score (nSPS) is 12.1. The van der Waals surface area contributed by atoms with Crippen molar-refractivity contribution in [3.63, 3.8) is 0 Å². The number of pyridine rings is 2. The Balaban J connectivity index is 2.32. The maximum absolute atomic E-state index is 14.9. The number of benzene rings is 1. The Morgan fingerprint density at radius 2 is 1.53 bits per heavy atom. The van der Waals surface area contributed by atoms with E-state index in [4.69, 9.17) is 0 Å². The van der Waals surface area contributed by atoms with E-state index < -0.39 is 45.9 Å². The molecule has 0 radical (unpaired) electrons. The molecule has 0 aliphatic rings. The molecule has 0 saturated heterocycles. The summed E-state index contributed by atoms with van der Waals surface area (Å²) in [6.45, 7) is 2.70. The molecule has 0 aliphatic heterocycles. The first-order valence-electron chi connectivity index (χ1n) is 8.66. The third kappa shape index (κ3) is 3.74. The number of alkyl halides is 3. The zero-order valence-corrected chi connectivity index (χ0v) is 15.8. The van der Waals surface area contributed by atoms with E-state index in [1.807, 2.05) is 0 Å². The fraction of sp³-hybridized carbons (Fsp3) is 0.190. The number of carboxylic acid groups (broad SMARTS) is 1. The predicted octanol–water partition coefficient (Wildman–Crippen LogP) is 5.47. The minimum Gasteiger partial charge on any atom is -0.481 e. The number of carboxylic acids is 1. The van der Waals surface area contributed by atoms with Crippen LogP contribution in [0.3, 0.4) is 0 Å². The summed E-state index contributed by atoms with van der Waals surface area (Å²) in [6.07, 6.45) is -4.05. The molecule has 0 bridgehead atoms. The molecule has 0 saturated carbocycles. The summed E-state index contributed by atoms with van der Waals surface area (Å²) in [5.41, 5.74) is -5.10. The Morgan fingerprint density at radius 1 is 0.933 bits per heavy atom. The van der Waals surface area contributed by atoms with E-state index in [0.29, 0.717) is 0 Å². The molecule has 1 N–H and O–H groups in total. The molecule has 4 nitrogen and oxygen atoms in total. The van der Waals surface area contributed by atoms with Crippen LogP contribution in [-0.4, -0.2) is 21.0 Å². The van der Waals surface area contributed by atoms with E-state index >= 15 is 0 Å². The average molecular weight is 422 g/mol. The number of aromatic nitrogens is 2. The number of rotatable bonds is 4. The molecule has 9 heteroatoms. The van der Waals surface area contributed by atoms with E-state index in [2.05, 4.69) is 9.97 Å². The van der Waals surface area contributed by atoms with Crippen molar-refractivity contribution in [1.82, 2.24) is 9.97 Å². The highest BCUT2D eigenvalue weighted by Gasteiger charge is 2.41. The Bertz CT molecular complexity index is 1110. The van der Waals surface area contributed by atoms with Crippen LogP contribution in [0.4, 0.5) is 22.0 Å². The van der Waals surface area contributed by atoms with Crippen LogP contribution < -0.4 is 0 Å². The van der Waals surface area contributed by atoms with E-state index in [1.54, 1.807) is 0 Å². The quantitative estimate of drug-likeness (QED) is 0.567. The Labute approximate surface area is 168 Å². The highest BCUT2D eigenvalue weighted by atomic mass is 19.4. The highest BCUT2D eigenvalue weighted by Crippen LogP contribution is 2.41. The molecular weight excluding hydrogens is 407 g/mol. The van der Waals surface area contributed by atoms with Gasteiger partial charge >= 0.3 is 12.1 Å². The van der Waals surface area contributed by atoms with Gasteiger partial charge in [-0.3, -0.25) is 14.8 Å². The van der Waals surface area contributed by atoms with E-state index in [0.717, 1.165) is 6.07 Å². The van der Waals surface area contributed by atoms with Crippen LogP contribution in [0.5, 0.6) is 0 Å². The summed E-state index contributed by atoms with van der Waals surface area (Å²) in [4.78, 5) is 19.4. The standard InChI is InChI=1S/C21H15F5N2O2/c1-20(2,19(29)30)15-8-5-7-14(28-15)12-10-11(13-6-3-4-9-27-13)17(22)16(18(12)23)21(24,25)26/h3-10H,1-2H3,(H,29,30). The number of nitrogens with zero attached hydrogens (tertiary/aromatic N) is 2. The lowest BCUT2D eigenvalue weighted by Gasteiger charge is -2.20. The molecule has 30 heavy (non-hydrogen) atoms. The fourth-order valence-electron chi connectivity index (χ4n) is 2.82. The molecule has 0 spiro atoms. The summed E-state index contributed by atoms with van der Waals surface area (Å²) in [5, 5.41) is 9.37. The van der Waals surface area contributed by atoms with E-state index in [1.165, 1.54) is 56.4 Å². The molecule has 3 aromatic rings. The fourth-order valence-corrected chi connectivity index (χ4v) is 2.82. The summed E-state index contributed by atoms with van der Waals surface area (Å²) in [7, 11) is 0. The van der Waals surface area contributed by atoms with E-state index in [-0.39, 0.29) is 17.1 Å². The minimum atomic E-state index is -5.31. The smallest absolute Gasteiger partial charge is 0.422 e. The van der Waals surface area contributed by atoms with Gasteiger partial charge in [0.15, 0.2) is 0 Å². The molecule has 0 fully saturated rings.